The first kappa shape index (κ1) is 13.8. The van der Waals surface area contributed by atoms with E-state index in [4.69, 9.17) is 10.5 Å². The van der Waals surface area contributed by atoms with Crippen LogP contribution in [0.25, 0.3) is 11.4 Å². The van der Waals surface area contributed by atoms with Crippen LogP contribution in [0.3, 0.4) is 0 Å². The molecule has 0 aliphatic carbocycles. The molecule has 0 spiro atoms. The maximum Gasteiger partial charge on any atom is 0.165 e. The minimum absolute atomic E-state index is 0.458. The molecule has 2 rings (SSSR count). The van der Waals surface area contributed by atoms with E-state index in [1.807, 2.05) is 24.3 Å². The van der Waals surface area contributed by atoms with Crippen LogP contribution in [-0.4, -0.2) is 17.1 Å². The largest absolute Gasteiger partial charge is 0.496 e. The Kier molecular flexibility index (Phi) is 4.37. The second-order valence-electron chi connectivity index (χ2n) is 4.14. The van der Waals surface area contributed by atoms with Gasteiger partial charge in [-0.25, -0.2) is 9.97 Å². The van der Waals surface area contributed by atoms with Crippen molar-refractivity contribution >= 4 is 21.7 Å². The first-order chi connectivity index (χ1) is 9.17. The fraction of sp³-hybridized carbons (Fsp3) is 0.286. The lowest BCUT2D eigenvalue weighted by Gasteiger charge is -2.10. The third-order valence-electron chi connectivity index (χ3n) is 2.78. The van der Waals surface area contributed by atoms with Crippen LogP contribution in [0.1, 0.15) is 19.0 Å². The lowest BCUT2D eigenvalue weighted by molar-refractivity contribution is 0.416. The average molecular weight is 322 g/mol. The van der Waals surface area contributed by atoms with Gasteiger partial charge in [-0.05, 0) is 34.5 Å². The lowest BCUT2D eigenvalue weighted by atomic mass is 10.1. The summed E-state index contributed by atoms with van der Waals surface area (Å²) in [6.45, 7) is 2.10. The number of benzene rings is 1. The molecule has 0 saturated carbocycles. The predicted octanol–water partition coefficient (Wildman–Crippen LogP) is 3.45. The maximum absolute atomic E-state index is 5.94. The molecule has 19 heavy (non-hydrogen) atoms. The van der Waals surface area contributed by atoms with E-state index in [2.05, 4.69) is 32.8 Å². The molecule has 0 atom stereocenters. The van der Waals surface area contributed by atoms with Crippen molar-refractivity contribution in [2.45, 2.75) is 19.8 Å². The zero-order valence-electron chi connectivity index (χ0n) is 11.0. The van der Waals surface area contributed by atoms with E-state index < -0.39 is 0 Å². The highest BCUT2D eigenvalue weighted by Crippen LogP contribution is 2.30. The summed E-state index contributed by atoms with van der Waals surface area (Å²) in [5.41, 5.74) is 7.72. The molecule has 0 aliphatic heterocycles. The van der Waals surface area contributed by atoms with Crippen molar-refractivity contribution in [2.75, 3.05) is 12.8 Å². The highest BCUT2D eigenvalue weighted by Gasteiger charge is 2.13. The van der Waals surface area contributed by atoms with E-state index in [0.717, 1.165) is 34.3 Å². The monoisotopic (exact) mass is 321 g/mol. The molecule has 0 fully saturated rings. The van der Waals surface area contributed by atoms with Crippen molar-refractivity contribution in [2.24, 2.45) is 0 Å². The van der Waals surface area contributed by atoms with Crippen molar-refractivity contribution in [1.82, 2.24) is 9.97 Å². The fourth-order valence-electron chi connectivity index (χ4n) is 1.87. The van der Waals surface area contributed by atoms with Crippen LogP contribution in [0.2, 0.25) is 0 Å². The molecule has 1 aromatic carbocycles. The smallest absolute Gasteiger partial charge is 0.165 e. The van der Waals surface area contributed by atoms with Gasteiger partial charge in [-0.3, -0.25) is 0 Å². The highest BCUT2D eigenvalue weighted by atomic mass is 79.9. The summed E-state index contributed by atoms with van der Waals surface area (Å²) in [6.07, 6.45) is 1.86. The van der Waals surface area contributed by atoms with Gasteiger partial charge in [-0.15, -0.1) is 0 Å². The molecule has 0 saturated heterocycles. The first-order valence-electron chi connectivity index (χ1n) is 6.12. The lowest BCUT2D eigenvalue weighted by Crippen LogP contribution is -2.03. The number of anilines is 1. The summed E-state index contributed by atoms with van der Waals surface area (Å²) in [4.78, 5) is 8.92. The van der Waals surface area contributed by atoms with Crippen LogP contribution < -0.4 is 10.5 Å². The summed E-state index contributed by atoms with van der Waals surface area (Å²) in [6, 6.07) is 7.66. The van der Waals surface area contributed by atoms with Gasteiger partial charge in [0.25, 0.3) is 0 Å². The van der Waals surface area contributed by atoms with E-state index in [0.29, 0.717) is 11.6 Å². The quantitative estimate of drug-likeness (QED) is 0.936. The van der Waals surface area contributed by atoms with Crippen LogP contribution in [0.4, 0.5) is 5.82 Å². The van der Waals surface area contributed by atoms with Crippen LogP contribution in [0.15, 0.2) is 28.7 Å². The van der Waals surface area contributed by atoms with Crippen molar-refractivity contribution in [3.63, 3.8) is 0 Å². The van der Waals surface area contributed by atoms with Gasteiger partial charge in [-0.1, -0.05) is 25.5 Å². The van der Waals surface area contributed by atoms with Gasteiger partial charge >= 0.3 is 0 Å². The Hall–Kier alpha value is -1.62. The Morgan fingerprint density at radius 3 is 2.68 bits per heavy atom. The first-order valence-corrected chi connectivity index (χ1v) is 6.92. The van der Waals surface area contributed by atoms with Crippen molar-refractivity contribution in [3.05, 3.63) is 34.4 Å². The van der Waals surface area contributed by atoms with E-state index in [9.17, 15) is 0 Å². The second kappa shape index (κ2) is 6.02. The molecule has 2 aromatic rings. The normalized spacial score (nSPS) is 10.5. The third-order valence-corrected chi connectivity index (χ3v) is 3.64. The van der Waals surface area contributed by atoms with Crippen molar-refractivity contribution in [3.8, 4) is 17.1 Å². The predicted molar refractivity (Wildman–Crippen MR) is 80.1 cm³/mol. The highest BCUT2D eigenvalue weighted by molar-refractivity contribution is 9.10. The van der Waals surface area contributed by atoms with Gasteiger partial charge < -0.3 is 10.5 Å². The number of hydrogen-bond acceptors (Lipinski definition) is 4. The van der Waals surface area contributed by atoms with Gasteiger partial charge in [-0.2, -0.15) is 0 Å². The Balaban J connectivity index is 2.56. The molecule has 0 aliphatic rings. The number of methoxy groups -OCH3 is 1. The summed E-state index contributed by atoms with van der Waals surface area (Å²) in [7, 11) is 1.63. The molecular weight excluding hydrogens is 306 g/mol. The number of hydrogen-bond donors (Lipinski definition) is 1. The van der Waals surface area contributed by atoms with Crippen molar-refractivity contribution < 1.29 is 4.74 Å². The Morgan fingerprint density at radius 1 is 1.26 bits per heavy atom. The molecule has 0 bridgehead atoms. The molecule has 2 N–H and O–H groups in total. The molecule has 0 unspecified atom stereocenters. The summed E-state index contributed by atoms with van der Waals surface area (Å²) >= 11 is 3.44. The summed E-state index contributed by atoms with van der Waals surface area (Å²) in [5, 5.41) is 0. The number of nitrogens with zero attached hydrogens (tertiary/aromatic N) is 2. The van der Waals surface area contributed by atoms with Crippen LogP contribution in [0.5, 0.6) is 5.75 Å². The zero-order chi connectivity index (χ0) is 13.8. The Morgan fingerprint density at radius 2 is 2.00 bits per heavy atom. The fourth-order valence-corrected chi connectivity index (χ4v) is 2.24. The van der Waals surface area contributed by atoms with Crippen LogP contribution >= 0.6 is 15.9 Å². The molecule has 5 heteroatoms. The Labute approximate surface area is 121 Å². The number of para-hydroxylation sites is 1. The number of aryl methyl sites for hydroxylation is 1. The molecule has 100 valence electrons. The topological polar surface area (TPSA) is 61.0 Å². The summed E-state index contributed by atoms with van der Waals surface area (Å²) < 4.78 is 6.12. The second-order valence-corrected chi connectivity index (χ2v) is 4.94. The molecule has 0 amide bonds. The summed E-state index contributed by atoms with van der Waals surface area (Å²) in [5.74, 6) is 1.80. The minimum atomic E-state index is 0.458. The molecule has 1 heterocycles. The number of rotatable bonds is 4. The SMILES string of the molecule is CCCc1nc(-c2ccccc2OC)nc(N)c1Br. The Bertz CT molecular complexity index is 587. The standard InChI is InChI=1S/C14H16BrN3O/c1-3-6-10-12(15)13(16)18-14(17-10)9-7-4-5-8-11(9)19-2/h4-5,7-8H,3,6H2,1-2H3,(H2,16,17,18). The zero-order valence-corrected chi connectivity index (χ0v) is 12.6. The van der Waals surface area contributed by atoms with Crippen molar-refractivity contribution in [1.29, 1.82) is 0 Å². The van der Waals surface area contributed by atoms with Gasteiger partial charge in [0.15, 0.2) is 5.82 Å². The molecular formula is C14H16BrN3O. The molecule has 0 radical (unpaired) electrons. The van der Waals surface area contributed by atoms with Gasteiger partial charge in [0.1, 0.15) is 11.6 Å². The van der Waals surface area contributed by atoms with E-state index in [-0.39, 0.29) is 0 Å². The number of nitrogen functional groups attached to an aromatic ring is 1. The maximum atomic E-state index is 5.94. The molecule has 1 aromatic heterocycles. The van der Waals surface area contributed by atoms with E-state index in [1.165, 1.54) is 0 Å². The van der Waals surface area contributed by atoms with E-state index >= 15 is 0 Å². The number of aromatic nitrogens is 2. The number of nitrogens with two attached hydrogens (primary N) is 1. The number of ether oxygens (including phenoxy) is 1. The average Bonchev–Trinajstić information content (AvgIpc) is 2.43. The van der Waals surface area contributed by atoms with Crippen LogP contribution in [0, 0.1) is 0 Å². The number of halogens is 1. The van der Waals surface area contributed by atoms with Gasteiger partial charge in [0, 0.05) is 0 Å². The van der Waals surface area contributed by atoms with Gasteiger partial charge in [0.05, 0.1) is 22.8 Å². The van der Waals surface area contributed by atoms with E-state index in [1.54, 1.807) is 7.11 Å². The van der Waals surface area contributed by atoms with Crippen LogP contribution in [-0.2, 0) is 6.42 Å². The third kappa shape index (κ3) is 2.87. The van der Waals surface area contributed by atoms with Gasteiger partial charge in [0.2, 0.25) is 0 Å². The minimum Gasteiger partial charge on any atom is -0.496 e. The molecule has 4 nitrogen and oxygen atoms in total.